The van der Waals surface area contributed by atoms with E-state index < -0.39 is 0 Å². The van der Waals surface area contributed by atoms with Gasteiger partial charge in [-0.15, -0.1) is 11.3 Å². The van der Waals surface area contributed by atoms with Crippen LogP contribution in [0.4, 0.5) is 10.5 Å². The first-order valence-corrected chi connectivity index (χ1v) is 9.97. The fourth-order valence-corrected chi connectivity index (χ4v) is 2.97. The molecule has 3 aromatic rings. The number of likely N-dealkylation sites (N-methyl/N-ethyl adjacent to an activating group) is 1. The van der Waals surface area contributed by atoms with Crippen molar-refractivity contribution >= 4 is 23.1 Å². The molecule has 2 aromatic carbocycles. The van der Waals surface area contributed by atoms with Crippen LogP contribution in [0.15, 0.2) is 59.4 Å². The van der Waals surface area contributed by atoms with E-state index in [2.05, 4.69) is 10.3 Å². The fourth-order valence-electron chi connectivity index (χ4n) is 2.42. The molecule has 152 valence electrons. The Kier molecular flexibility index (Phi) is 7.29. The van der Waals surface area contributed by atoms with Crippen molar-refractivity contribution in [3.8, 4) is 17.2 Å². The maximum Gasteiger partial charge on any atom is 0.321 e. The van der Waals surface area contributed by atoms with E-state index in [1.54, 1.807) is 30.6 Å². The molecule has 1 N–H and O–H groups in total. The molecule has 0 bridgehead atoms. The Morgan fingerprint density at radius 1 is 1.10 bits per heavy atom. The summed E-state index contributed by atoms with van der Waals surface area (Å²) >= 11 is 1.53. The maximum absolute atomic E-state index is 12.4. The van der Waals surface area contributed by atoms with Crippen molar-refractivity contribution in [2.45, 2.75) is 6.61 Å². The predicted octanol–water partition coefficient (Wildman–Crippen LogP) is 4.27. The van der Waals surface area contributed by atoms with Crippen LogP contribution in [0.1, 0.15) is 5.69 Å². The molecule has 2 amide bonds. The van der Waals surface area contributed by atoms with Crippen molar-refractivity contribution in [3.05, 3.63) is 65.1 Å². The molecule has 0 aliphatic heterocycles. The van der Waals surface area contributed by atoms with E-state index in [-0.39, 0.29) is 6.03 Å². The number of carbonyl (C=O) groups excluding carboxylic acids is 1. The van der Waals surface area contributed by atoms with Crippen LogP contribution < -0.4 is 19.5 Å². The van der Waals surface area contributed by atoms with Gasteiger partial charge < -0.3 is 24.4 Å². The summed E-state index contributed by atoms with van der Waals surface area (Å²) in [5.41, 5.74) is 3.30. The predicted molar refractivity (Wildman–Crippen MR) is 113 cm³/mol. The molecule has 0 saturated heterocycles. The lowest BCUT2D eigenvalue weighted by Crippen LogP contribution is -2.34. The number of nitrogens with one attached hydrogen (secondary N) is 1. The molecule has 1 heterocycles. The lowest BCUT2D eigenvalue weighted by atomic mass is 10.3. The zero-order valence-corrected chi connectivity index (χ0v) is 17.1. The molecule has 1 aromatic heterocycles. The van der Waals surface area contributed by atoms with Gasteiger partial charge in [-0.3, -0.25) is 0 Å². The topological polar surface area (TPSA) is 72.9 Å². The number of hydrogen-bond acceptors (Lipinski definition) is 6. The smallest absolute Gasteiger partial charge is 0.321 e. The molecule has 0 spiro atoms. The van der Waals surface area contributed by atoms with Crippen molar-refractivity contribution in [2.75, 3.05) is 32.6 Å². The number of rotatable bonds is 9. The lowest BCUT2D eigenvalue weighted by Gasteiger charge is -2.18. The molecule has 8 heteroatoms. The largest absolute Gasteiger partial charge is 0.497 e. The normalized spacial score (nSPS) is 10.3. The van der Waals surface area contributed by atoms with E-state index in [1.807, 2.05) is 47.8 Å². The number of ether oxygens (including phenoxy) is 3. The summed E-state index contributed by atoms with van der Waals surface area (Å²) in [6.45, 7) is 1.22. The number of urea groups is 1. The number of amides is 2. The SMILES string of the molecule is COc1ccc(OCCN(C)C(=O)Nc2cccc(OCc3cscn3)c2)cc1. The molecular formula is C21H23N3O4S. The Balaban J connectivity index is 1.44. The second-order valence-corrected chi connectivity index (χ2v) is 6.89. The number of anilines is 1. The Morgan fingerprint density at radius 3 is 2.62 bits per heavy atom. The highest BCUT2D eigenvalue weighted by Crippen LogP contribution is 2.19. The average molecular weight is 413 g/mol. The standard InChI is InChI=1S/C21H23N3O4S/c1-24(10-11-27-19-8-6-18(26-2)7-9-19)21(25)23-16-4-3-5-20(12-16)28-13-17-14-29-15-22-17/h3-9,12,14-15H,10-11,13H2,1-2H3,(H,23,25). The second kappa shape index (κ2) is 10.3. The Morgan fingerprint density at radius 2 is 1.90 bits per heavy atom. The minimum atomic E-state index is -0.222. The van der Waals surface area contributed by atoms with Gasteiger partial charge >= 0.3 is 6.03 Å². The third-order valence-corrected chi connectivity index (χ3v) is 4.69. The molecule has 29 heavy (non-hydrogen) atoms. The summed E-state index contributed by atoms with van der Waals surface area (Å²) in [4.78, 5) is 18.1. The van der Waals surface area contributed by atoms with Crippen LogP contribution in [0.25, 0.3) is 0 Å². The quantitative estimate of drug-likeness (QED) is 0.567. The number of nitrogens with zero attached hydrogens (tertiary/aromatic N) is 2. The Hall–Kier alpha value is -3.26. The van der Waals surface area contributed by atoms with E-state index >= 15 is 0 Å². The summed E-state index contributed by atoms with van der Waals surface area (Å²) in [6, 6.07) is 14.4. The van der Waals surface area contributed by atoms with Gasteiger partial charge in [0.2, 0.25) is 0 Å². The number of methoxy groups -OCH3 is 1. The highest BCUT2D eigenvalue weighted by Gasteiger charge is 2.10. The number of aromatic nitrogens is 1. The zero-order valence-electron chi connectivity index (χ0n) is 16.3. The summed E-state index contributed by atoms with van der Waals surface area (Å²) < 4.78 is 16.5. The third-order valence-electron chi connectivity index (χ3n) is 4.06. The van der Waals surface area contributed by atoms with Gasteiger partial charge in [0.25, 0.3) is 0 Å². The van der Waals surface area contributed by atoms with E-state index in [0.717, 1.165) is 17.2 Å². The summed E-state index contributed by atoms with van der Waals surface area (Å²) in [5, 5.41) is 4.80. The molecule has 0 unspecified atom stereocenters. The number of benzene rings is 2. The second-order valence-electron chi connectivity index (χ2n) is 6.17. The van der Waals surface area contributed by atoms with Gasteiger partial charge in [-0.25, -0.2) is 9.78 Å². The summed E-state index contributed by atoms with van der Waals surface area (Å²) in [5.74, 6) is 2.16. The molecule has 3 rings (SSSR count). The van der Waals surface area contributed by atoms with Crippen molar-refractivity contribution in [2.24, 2.45) is 0 Å². The van der Waals surface area contributed by atoms with Gasteiger partial charge in [0.1, 0.15) is 30.5 Å². The van der Waals surface area contributed by atoms with Gasteiger partial charge in [-0.05, 0) is 36.4 Å². The molecule has 0 aliphatic rings. The molecule has 0 fully saturated rings. The molecule has 0 saturated carbocycles. The molecule has 0 aliphatic carbocycles. The molecule has 7 nitrogen and oxygen atoms in total. The van der Waals surface area contributed by atoms with Crippen LogP contribution in [-0.4, -0.2) is 43.2 Å². The minimum Gasteiger partial charge on any atom is -0.497 e. The molecule has 0 atom stereocenters. The first kappa shape index (κ1) is 20.5. The summed E-state index contributed by atoms with van der Waals surface area (Å²) in [6.07, 6.45) is 0. The zero-order chi connectivity index (χ0) is 20.5. The van der Waals surface area contributed by atoms with Crippen LogP contribution in [0.3, 0.4) is 0 Å². The van der Waals surface area contributed by atoms with E-state index in [4.69, 9.17) is 14.2 Å². The monoisotopic (exact) mass is 413 g/mol. The molecule has 0 radical (unpaired) electrons. The van der Waals surface area contributed by atoms with Crippen molar-refractivity contribution in [3.63, 3.8) is 0 Å². The van der Waals surface area contributed by atoms with Crippen molar-refractivity contribution in [1.82, 2.24) is 9.88 Å². The van der Waals surface area contributed by atoms with Gasteiger partial charge in [0.05, 0.1) is 24.9 Å². The van der Waals surface area contributed by atoms with Gasteiger partial charge in [0, 0.05) is 24.2 Å². The van der Waals surface area contributed by atoms with Crippen LogP contribution in [0, 0.1) is 0 Å². The average Bonchev–Trinajstić information content (AvgIpc) is 3.26. The highest BCUT2D eigenvalue weighted by molar-refractivity contribution is 7.07. The van der Waals surface area contributed by atoms with Crippen molar-refractivity contribution in [1.29, 1.82) is 0 Å². The third kappa shape index (κ3) is 6.39. The van der Waals surface area contributed by atoms with Crippen LogP contribution in [0.2, 0.25) is 0 Å². The summed E-state index contributed by atoms with van der Waals surface area (Å²) in [7, 11) is 3.33. The van der Waals surface area contributed by atoms with E-state index in [9.17, 15) is 4.79 Å². The fraction of sp³-hybridized carbons (Fsp3) is 0.238. The lowest BCUT2D eigenvalue weighted by molar-refractivity contribution is 0.207. The number of hydrogen-bond donors (Lipinski definition) is 1. The van der Waals surface area contributed by atoms with Crippen LogP contribution in [0.5, 0.6) is 17.2 Å². The van der Waals surface area contributed by atoms with Gasteiger partial charge in [-0.2, -0.15) is 0 Å². The van der Waals surface area contributed by atoms with Gasteiger partial charge in [0.15, 0.2) is 0 Å². The molecular weight excluding hydrogens is 390 g/mol. The highest BCUT2D eigenvalue weighted by atomic mass is 32.1. The first-order valence-electron chi connectivity index (χ1n) is 9.03. The first-order chi connectivity index (χ1) is 14.1. The van der Waals surface area contributed by atoms with E-state index in [1.165, 1.54) is 11.3 Å². The minimum absolute atomic E-state index is 0.222. The van der Waals surface area contributed by atoms with Gasteiger partial charge in [-0.1, -0.05) is 6.07 Å². The Labute approximate surface area is 173 Å². The number of carbonyl (C=O) groups is 1. The number of thiazole rings is 1. The maximum atomic E-state index is 12.4. The Bertz CT molecular complexity index is 901. The van der Waals surface area contributed by atoms with Crippen molar-refractivity contribution < 1.29 is 19.0 Å². The van der Waals surface area contributed by atoms with Crippen LogP contribution in [-0.2, 0) is 6.61 Å². The van der Waals surface area contributed by atoms with Crippen LogP contribution >= 0.6 is 11.3 Å². The van der Waals surface area contributed by atoms with E-state index in [0.29, 0.717) is 31.2 Å².